The molecule has 8 heteroatoms. The molecule has 104 valence electrons. The Morgan fingerprint density at radius 2 is 2.30 bits per heavy atom. The summed E-state index contributed by atoms with van der Waals surface area (Å²) in [6, 6.07) is 3.27. The quantitative estimate of drug-likeness (QED) is 0.877. The van der Waals surface area contributed by atoms with Gasteiger partial charge in [-0.25, -0.2) is 4.68 Å². The molecule has 0 spiro atoms. The van der Waals surface area contributed by atoms with Gasteiger partial charge in [0, 0.05) is 11.3 Å². The molecule has 2 aromatic heterocycles. The number of aromatic nitrogens is 2. The van der Waals surface area contributed by atoms with Crippen molar-refractivity contribution in [3.05, 3.63) is 34.2 Å². The van der Waals surface area contributed by atoms with Gasteiger partial charge in [-0.15, -0.1) is 11.3 Å². The number of nitriles is 1. The van der Waals surface area contributed by atoms with Gasteiger partial charge in [-0.3, -0.25) is 0 Å². The van der Waals surface area contributed by atoms with Crippen molar-refractivity contribution in [2.45, 2.75) is 24.7 Å². The van der Waals surface area contributed by atoms with Crippen molar-refractivity contribution >= 4 is 17.2 Å². The second-order valence-corrected chi connectivity index (χ2v) is 5.45. The van der Waals surface area contributed by atoms with E-state index in [1.54, 1.807) is 12.1 Å². The van der Waals surface area contributed by atoms with Crippen LogP contribution in [-0.4, -0.2) is 16.0 Å². The van der Waals surface area contributed by atoms with Crippen molar-refractivity contribution in [2.75, 3.05) is 5.32 Å². The van der Waals surface area contributed by atoms with Gasteiger partial charge >= 0.3 is 6.18 Å². The third-order valence-electron chi connectivity index (χ3n) is 3.25. The number of hydrogen-bond donors (Lipinski definition) is 1. The van der Waals surface area contributed by atoms with Crippen LogP contribution in [0.25, 0.3) is 0 Å². The number of rotatable bonds is 1. The number of fused-ring (bicyclic) bond motifs is 1. The van der Waals surface area contributed by atoms with Gasteiger partial charge in [0.05, 0.1) is 12.2 Å². The van der Waals surface area contributed by atoms with E-state index in [9.17, 15) is 13.2 Å². The molecule has 0 bridgehead atoms. The first kappa shape index (κ1) is 13.0. The summed E-state index contributed by atoms with van der Waals surface area (Å²) < 4.78 is 40.4. The highest BCUT2D eigenvalue weighted by molar-refractivity contribution is 7.10. The third-order valence-corrected chi connectivity index (χ3v) is 4.23. The van der Waals surface area contributed by atoms with Gasteiger partial charge in [0.2, 0.25) is 0 Å². The number of anilines is 1. The van der Waals surface area contributed by atoms with E-state index in [4.69, 9.17) is 5.26 Å². The second-order valence-electron chi connectivity index (χ2n) is 4.47. The molecular formula is C12H9F3N4S. The summed E-state index contributed by atoms with van der Waals surface area (Å²) in [6.45, 7) is 0. The number of hydrogen-bond acceptors (Lipinski definition) is 4. The molecule has 0 fully saturated rings. The SMILES string of the molecule is N#Cc1cnn2c1N[C@@H](c1cccs1)C[C@H]2C(F)(F)F. The van der Waals surface area contributed by atoms with Crippen LogP contribution in [-0.2, 0) is 0 Å². The van der Waals surface area contributed by atoms with Crippen molar-refractivity contribution in [1.29, 1.82) is 5.26 Å². The van der Waals surface area contributed by atoms with Crippen LogP contribution >= 0.6 is 11.3 Å². The second kappa shape index (κ2) is 4.52. The zero-order valence-electron chi connectivity index (χ0n) is 10.1. The van der Waals surface area contributed by atoms with Gasteiger partial charge in [-0.05, 0) is 11.4 Å². The number of nitrogens with one attached hydrogen (secondary N) is 1. The molecule has 0 amide bonds. The van der Waals surface area contributed by atoms with Gasteiger partial charge in [0.1, 0.15) is 17.5 Å². The molecule has 0 unspecified atom stereocenters. The molecule has 1 N–H and O–H groups in total. The highest BCUT2D eigenvalue weighted by atomic mass is 32.1. The van der Waals surface area contributed by atoms with E-state index < -0.39 is 18.3 Å². The fraction of sp³-hybridized carbons (Fsp3) is 0.333. The summed E-state index contributed by atoms with van der Waals surface area (Å²) in [6.07, 6.45) is -3.37. The number of nitrogens with zero attached hydrogens (tertiary/aromatic N) is 3. The van der Waals surface area contributed by atoms with Crippen LogP contribution in [0.5, 0.6) is 0 Å². The number of halogens is 3. The summed E-state index contributed by atoms with van der Waals surface area (Å²) in [4.78, 5) is 0.815. The number of alkyl halides is 3. The van der Waals surface area contributed by atoms with E-state index in [0.717, 1.165) is 15.8 Å². The summed E-state index contributed by atoms with van der Waals surface area (Å²) >= 11 is 1.39. The normalized spacial score (nSPS) is 21.9. The third kappa shape index (κ3) is 2.04. The Hall–Kier alpha value is -2.01. The van der Waals surface area contributed by atoms with Crippen LogP contribution in [0.15, 0.2) is 23.7 Å². The van der Waals surface area contributed by atoms with Gasteiger partial charge in [0.15, 0.2) is 6.04 Å². The lowest BCUT2D eigenvalue weighted by Crippen LogP contribution is -2.35. The average molecular weight is 298 g/mol. The molecule has 3 heterocycles. The molecule has 0 aromatic carbocycles. The lowest BCUT2D eigenvalue weighted by molar-refractivity contribution is -0.173. The fourth-order valence-corrected chi connectivity index (χ4v) is 3.11. The maximum absolute atomic E-state index is 13.2. The van der Waals surface area contributed by atoms with Gasteiger partial charge in [-0.1, -0.05) is 6.07 Å². The summed E-state index contributed by atoms with van der Waals surface area (Å²) in [7, 11) is 0. The smallest absolute Gasteiger partial charge is 0.361 e. The Morgan fingerprint density at radius 3 is 2.90 bits per heavy atom. The molecule has 1 aliphatic rings. The molecule has 3 rings (SSSR count). The lowest BCUT2D eigenvalue weighted by Gasteiger charge is -2.33. The Kier molecular flexibility index (Phi) is 2.94. The first-order chi connectivity index (χ1) is 9.50. The summed E-state index contributed by atoms with van der Waals surface area (Å²) in [5.74, 6) is 0.138. The lowest BCUT2D eigenvalue weighted by atomic mass is 10.0. The van der Waals surface area contributed by atoms with Crippen LogP contribution in [0.1, 0.15) is 28.9 Å². The van der Waals surface area contributed by atoms with E-state index in [1.165, 1.54) is 11.3 Å². The van der Waals surface area contributed by atoms with Crippen LogP contribution in [0.3, 0.4) is 0 Å². The molecule has 0 aliphatic carbocycles. The molecule has 1 aliphatic heterocycles. The molecule has 0 radical (unpaired) electrons. The van der Waals surface area contributed by atoms with Gasteiger partial charge in [-0.2, -0.15) is 23.5 Å². The van der Waals surface area contributed by atoms with E-state index in [1.807, 2.05) is 11.4 Å². The Labute approximate surface area is 116 Å². The maximum atomic E-state index is 13.2. The largest absolute Gasteiger partial charge is 0.410 e. The standard InChI is InChI=1S/C12H9F3N4S/c13-12(14,15)10-4-8(9-2-1-3-20-9)18-11-7(5-16)6-17-19(10)11/h1-3,6,8,10,18H,4H2/t8-,10+/m1/s1. The van der Waals surface area contributed by atoms with Crippen LogP contribution in [0, 0.1) is 11.3 Å². The van der Waals surface area contributed by atoms with Crippen molar-refractivity contribution in [3.8, 4) is 6.07 Å². The Bertz CT molecular complexity index is 653. The molecular weight excluding hydrogens is 289 g/mol. The van der Waals surface area contributed by atoms with Crippen molar-refractivity contribution in [1.82, 2.24) is 9.78 Å². The average Bonchev–Trinajstić information content (AvgIpc) is 3.05. The molecule has 2 atom stereocenters. The van der Waals surface area contributed by atoms with Crippen LogP contribution in [0.4, 0.5) is 19.0 Å². The minimum absolute atomic E-state index is 0.125. The fourth-order valence-electron chi connectivity index (χ4n) is 2.32. The first-order valence-corrected chi connectivity index (χ1v) is 6.73. The van der Waals surface area contributed by atoms with Crippen molar-refractivity contribution in [2.24, 2.45) is 0 Å². The Balaban J connectivity index is 2.06. The molecule has 0 saturated heterocycles. The van der Waals surface area contributed by atoms with Gasteiger partial charge in [0.25, 0.3) is 0 Å². The Morgan fingerprint density at radius 1 is 1.50 bits per heavy atom. The van der Waals surface area contributed by atoms with Crippen LogP contribution < -0.4 is 5.32 Å². The zero-order valence-corrected chi connectivity index (χ0v) is 10.9. The monoisotopic (exact) mass is 298 g/mol. The van der Waals surface area contributed by atoms with E-state index in [-0.39, 0.29) is 17.8 Å². The van der Waals surface area contributed by atoms with Crippen molar-refractivity contribution < 1.29 is 13.2 Å². The van der Waals surface area contributed by atoms with E-state index in [2.05, 4.69) is 10.4 Å². The zero-order chi connectivity index (χ0) is 14.3. The molecule has 20 heavy (non-hydrogen) atoms. The van der Waals surface area contributed by atoms with Crippen LogP contribution in [0.2, 0.25) is 0 Å². The number of thiophene rings is 1. The minimum Gasteiger partial charge on any atom is -0.361 e. The predicted molar refractivity (Wildman–Crippen MR) is 67.3 cm³/mol. The van der Waals surface area contributed by atoms with Gasteiger partial charge < -0.3 is 5.32 Å². The summed E-state index contributed by atoms with van der Waals surface area (Å²) in [5, 5.41) is 17.5. The predicted octanol–water partition coefficient (Wildman–Crippen LogP) is 3.48. The van der Waals surface area contributed by atoms with Crippen molar-refractivity contribution in [3.63, 3.8) is 0 Å². The van der Waals surface area contributed by atoms with E-state index >= 15 is 0 Å². The molecule has 0 saturated carbocycles. The molecule has 4 nitrogen and oxygen atoms in total. The minimum atomic E-state index is -4.40. The molecule has 2 aromatic rings. The summed E-state index contributed by atoms with van der Waals surface area (Å²) in [5.41, 5.74) is 0.125. The maximum Gasteiger partial charge on any atom is 0.410 e. The highest BCUT2D eigenvalue weighted by Gasteiger charge is 2.47. The first-order valence-electron chi connectivity index (χ1n) is 5.85. The topological polar surface area (TPSA) is 53.6 Å². The van der Waals surface area contributed by atoms with E-state index in [0.29, 0.717) is 0 Å². The highest BCUT2D eigenvalue weighted by Crippen LogP contribution is 2.44.